The third-order valence-corrected chi connectivity index (χ3v) is 5.79. The summed E-state index contributed by atoms with van der Waals surface area (Å²) in [6, 6.07) is 11.6. The van der Waals surface area contributed by atoms with E-state index < -0.39 is 23.5 Å². The molecule has 0 saturated carbocycles. The zero-order valence-electron chi connectivity index (χ0n) is 15.9. The van der Waals surface area contributed by atoms with Crippen molar-refractivity contribution in [2.75, 3.05) is 4.90 Å². The van der Waals surface area contributed by atoms with Gasteiger partial charge < -0.3 is 10.1 Å². The van der Waals surface area contributed by atoms with E-state index in [0.717, 1.165) is 11.2 Å². The minimum atomic E-state index is -0.846. The summed E-state index contributed by atoms with van der Waals surface area (Å²) in [7, 11) is 0. The van der Waals surface area contributed by atoms with Crippen molar-refractivity contribution in [2.24, 2.45) is 0 Å². The number of pyridine rings is 1. The Kier molecular flexibility index (Phi) is 4.22. The van der Waals surface area contributed by atoms with Crippen LogP contribution < -0.4 is 4.90 Å². The SMILES string of the molecule is Cc1cccc(C2C(C(=O)c3ccsc3)=C(O)C(=O)N2c2ccc3[nH]cnc3c2)n1. The Morgan fingerprint density at radius 1 is 1.23 bits per heavy atom. The van der Waals surface area contributed by atoms with E-state index in [2.05, 4.69) is 15.0 Å². The summed E-state index contributed by atoms with van der Waals surface area (Å²) in [5, 5.41) is 14.2. The first-order valence-electron chi connectivity index (χ1n) is 9.25. The number of hydrogen-bond acceptors (Lipinski definition) is 6. The summed E-state index contributed by atoms with van der Waals surface area (Å²) < 4.78 is 0. The maximum Gasteiger partial charge on any atom is 0.294 e. The number of carbonyl (C=O) groups excluding carboxylic acids is 2. The molecule has 0 radical (unpaired) electrons. The second kappa shape index (κ2) is 6.93. The lowest BCUT2D eigenvalue weighted by atomic mass is 9.96. The van der Waals surface area contributed by atoms with Gasteiger partial charge in [0.2, 0.25) is 0 Å². The van der Waals surface area contributed by atoms with E-state index in [1.807, 2.05) is 19.1 Å². The maximum atomic E-state index is 13.2. The number of Topliss-reactive ketones (excluding diaryl/α,β-unsaturated/α-hetero) is 1. The topological polar surface area (TPSA) is 99.2 Å². The summed E-state index contributed by atoms with van der Waals surface area (Å²) in [6.45, 7) is 1.84. The Balaban J connectivity index is 1.70. The molecule has 0 spiro atoms. The number of H-pyrrole nitrogens is 1. The van der Waals surface area contributed by atoms with Crippen LogP contribution in [0.1, 0.15) is 27.8 Å². The Hall–Kier alpha value is -3.78. The van der Waals surface area contributed by atoms with Crippen molar-refractivity contribution in [3.8, 4) is 0 Å². The lowest BCUT2D eigenvalue weighted by Gasteiger charge is -2.26. The largest absolute Gasteiger partial charge is 0.503 e. The van der Waals surface area contributed by atoms with Gasteiger partial charge in [-0.1, -0.05) is 6.07 Å². The number of amides is 1. The average molecular weight is 416 g/mol. The van der Waals surface area contributed by atoms with Gasteiger partial charge in [-0.05, 0) is 48.7 Å². The predicted octanol–water partition coefficient (Wildman–Crippen LogP) is 4.11. The number of aliphatic hydroxyl groups is 1. The van der Waals surface area contributed by atoms with E-state index in [4.69, 9.17) is 0 Å². The molecule has 5 rings (SSSR count). The third-order valence-electron chi connectivity index (χ3n) is 5.11. The van der Waals surface area contributed by atoms with Gasteiger partial charge in [-0.15, -0.1) is 0 Å². The molecule has 1 aliphatic heterocycles. The zero-order chi connectivity index (χ0) is 20.8. The van der Waals surface area contributed by atoms with Crippen LogP contribution in [0.2, 0.25) is 0 Å². The van der Waals surface area contributed by atoms with Crippen molar-refractivity contribution in [1.82, 2.24) is 15.0 Å². The maximum absolute atomic E-state index is 13.2. The number of anilines is 1. The van der Waals surface area contributed by atoms with E-state index in [1.54, 1.807) is 47.4 Å². The van der Waals surface area contributed by atoms with E-state index in [9.17, 15) is 14.7 Å². The van der Waals surface area contributed by atoms with Crippen molar-refractivity contribution < 1.29 is 14.7 Å². The average Bonchev–Trinajstić information content (AvgIpc) is 3.48. The van der Waals surface area contributed by atoms with Gasteiger partial charge in [0, 0.05) is 22.3 Å². The fraction of sp³-hybridized carbons (Fsp3) is 0.0909. The molecule has 0 bridgehead atoms. The quantitative estimate of drug-likeness (QED) is 0.488. The number of imidazole rings is 1. The molecule has 4 aromatic rings. The number of hydrogen-bond donors (Lipinski definition) is 2. The van der Waals surface area contributed by atoms with Gasteiger partial charge in [0.05, 0.1) is 28.6 Å². The molecule has 1 aliphatic rings. The van der Waals surface area contributed by atoms with Crippen LogP contribution in [0, 0.1) is 6.92 Å². The molecule has 0 saturated heterocycles. The highest BCUT2D eigenvalue weighted by molar-refractivity contribution is 7.08. The molecule has 1 amide bonds. The third kappa shape index (κ3) is 2.81. The molecule has 0 fully saturated rings. The Labute approximate surface area is 175 Å². The van der Waals surface area contributed by atoms with E-state index in [1.165, 1.54) is 16.2 Å². The zero-order valence-corrected chi connectivity index (χ0v) is 16.7. The van der Waals surface area contributed by atoms with Gasteiger partial charge in [-0.3, -0.25) is 19.5 Å². The normalized spacial score (nSPS) is 16.6. The molecule has 4 heterocycles. The first-order valence-corrected chi connectivity index (χ1v) is 10.2. The van der Waals surface area contributed by atoms with Crippen LogP contribution in [0.25, 0.3) is 11.0 Å². The van der Waals surface area contributed by atoms with E-state index in [0.29, 0.717) is 22.5 Å². The van der Waals surface area contributed by atoms with E-state index >= 15 is 0 Å². The van der Waals surface area contributed by atoms with Crippen molar-refractivity contribution in [3.05, 3.63) is 87.8 Å². The molecule has 0 aliphatic carbocycles. The summed E-state index contributed by atoms with van der Waals surface area (Å²) in [4.78, 5) is 39.6. The molecule has 1 atom stereocenters. The number of carbonyl (C=O) groups is 2. The second-order valence-electron chi connectivity index (χ2n) is 6.99. The summed E-state index contributed by atoms with van der Waals surface area (Å²) in [5.41, 5.74) is 3.73. The van der Waals surface area contributed by atoms with Crippen molar-refractivity contribution in [3.63, 3.8) is 0 Å². The van der Waals surface area contributed by atoms with Crippen molar-refractivity contribution >= 4 is 39.7 Å². The molecular weight excluding hydrogens is 400 g/mol. The molecule has 148 valence electrons. The first-order chi connectivity index (χ1) is 14.5. The van der Waals surface area contributed by atoms with Crippen LogP contribution in [-0.2, 0) is 4.79 Å². The van der Waals surface area contributed by atoms with Crippen LogP contribution in [0.5, 0.6) is 0 Å². The second-order valence-corrected chi connectivity index (χ2v) is 7.77. The van der Waals surface area contributed by atoms with Crippen molar-refractivity contribution in [1.29, 1.82) is 0 Å². The molecule has 30 heavy (non-hydrogen) atoms. The number of nitrogens with zero attached hydrogens (tertiary/aromatic N) is 3. The molecular formula is C22H16N4O3S. The standard InChI is InChI=1S/C22H16N4O3S/c1-12-3-2-4-16(25-12)19-18(20(27)13-7-8-30-10-13)21(28)22(29)26(19)14-5-6-15-17(9-14)24-11-23-15/h2-11,19,28H,1H3,(H,23,24). The van der Waals surface area contributed by atoms with Crippen LogP contribution >= 0.6 is 11.3 Å². The number of thiophene rings is 1. The number of aliphatic hydroxyl groups excluding tert-OH is 1. The van der Waals surface area contributed by atoms with Gasteiger partial charge in [-0.2, -0.15) is 11.3 Å². The first kappa shape index (κ1) is 18.3. The van der Waals surface area contributed by atoms with Gasteiger partial charge >= 0.3 is 0 Å². The summed E-state index contributed by atoms with van der Waals surface area (Å²) in [5.74, 6) is -1.59. The number of aromatic nitrogens is 3. The predicted molar refractivity (Wildman–Crippen MR) is 114 cm³/mol. The number of benzene rings is 1. The molecule has 3 aromatic heterocycles. The van der Waals surface area contributed by atoms with E-state index in [-0.39, 0.29) is 5.57 Å². The van der Waals surface area contributed by atoms with Gasteiger partial charge in [0.1, 0.15) is 6.04 Å². The number of ketones is 1. The smallest absolute Gasteiger partial charge is 0.294 e. The Bertz CT molecular complexity index is 1320. The molecule has 1 unspecified atom stereocenters. The van der Waals surface area contributed by atoms with Crippen LogP contribution in [0.15, 0.2) is 70.9 Å². The molecule has 1 aromatic carbocycles. The fourth-order valence-corrected chi connectivity index (χ4v) is 4.35. The lowest BCUT2D eigenvalue weighted by molar-refractivity contribution is -0.117. The minimum absolute atomic E-state index is 0.0265. The fourth-order valence-electron chi connectivity index (χ4n) is 3.72. The summed E-state index contributed by atoms with van der Waals surface area (Å²) >= 11 is 1.38. The number of aromatic amines is 1. The number of nitrogens with one attached hydrogen (secondary N) is 1. The molecule has 7 nitrogen and oxygen atoms in total. The molecule has 8 heteroatoms. The van der Waals surface area contributed by atoms with Crippen LogP contribution in [0.3, 0.4) is 0 Å². The highest BCUT2D eigenvalue weighted by Gasteiger charge is 2.45. The molecule has 2 N–H and O–H groups in total. The van der Waals surface area contributed by atoms with Crippen molar-refractivity contribution in [2.45, 2.75) is 13.0 Å². The number of rotatable bonds is 4. The van der Waals surface area contributed by atoms with Crippen LogP contribution in [-0.4, -0.2) is 31.7 Å². The highest BCUT2D eigenvalue weighted by atomic mass is 32.1. The van der Waals surface area contributed by atoms with Gasteiger partial charge in [0.15, 0.2) is 11.5 Å². The Morgan fingerprint density at radius 3 is 2.87 bits per heavy atom. The summed E-state index contributed by atoms with van der Waals surface area (Å²) in [6.07, 6.45) is 1.57. The number of aryl methyl sites for hydroxylation is 1. The van der Waals surface area contributed by atoms with Gasteiger partial charge in [-0.25, -0.2) is 4.98 Å². The van der Waals surface area contributed by atoms with Crippen LogP contribution in [0.4, 0.5) is 5.69 Å². The lowest BCUT2D eigenvalue weighted by Crippen LogP contribution is -2.31. The van der Waals surface area contributed by atoms with Gasteiger partial charge in [0.25, 0.3) is 5.91 Å². The minimum Gasteiger partial charge on any atom is -0.503 e. The highest BCUT2D eigenvalue weighted by Crippen LogP contribution is 2.41. The monoisotopic (exact) mass is 416 g/mol. The Morgan fingerprint density at radius 2 is 2.10 bits per heavy atom. The number of fused-ring (bicyclic) bond motifs is 1.